The lowest BCUT2D eigenvalue weighted by Gasteiger charge is -2.23. The van der Waals surface area contributed by atoms with Crippen molar-refractivity contribution in [2.45, 2.75) is 25.4 Å². The molecule has 0 saturated carbocycles. The first-order chi connectivity index (χ1) is 8.77. The Balaban J connectivity index is 2.93. The normalized spacial score (nSPS) is 13.7. The molecule has 7 heteroatoms. The lowest BCUT2D eigenvalue weighted by atomic mass is 10.2. The zero-order valence-corrected chi connectivity index (χ0v) is 12.3. The molecule has 19 heavy (non-hydrogen) atoms. The van der Waals surface area contributed by atoms with Gasteiger partial charge in [0.25, 0.3) is 0 Å². The largest absolute Gasteiger partial charge is 0.416 e. The highest BCUT2D eigenvalue weighted by molar-refractivity contribution is 9.10. The summed E-state index contributed by atoms with van der Waals surface area (Å²) in [5.74, 6) is 0. The van der Waals surface area contributed by atoms with Gasteiger partial charge in [0.05, 0.1) is 11.6 Å². The second-order valence-electron chi connectivity index (χ2n) is 4.00. The van der Waals surface area contributed by atoms with Crippen molar-refractivity contribution in [2.75, 3.05) is 19.5 Å². The van der Waals surface area contributed by atoms with E-state index >= 15 is 0 Å². The van der Waals surface area contributed by atoms with E-state index in [-0.39, 0.29) is 6.04 Å². The molecule has 1 aromatic rings. The van der Waals surface area contributed by atoms with E-state index in [1.54, 1.807) is 13.0 Å². The quantitative estimate of drug-likeness (QED) is 0.824. The summed E-state index contributed by atoms with van der Waals surface area (Å²) < 4.78 is 48.5. The van der Waals surface area contributed by atoms with Gasteiger partial charge in [0.1, 0.15) is 0 Å². The standard InChI is InChI=1S/C12H15BrF3NO2/c1-7(11(18-2)19-3)17-10-5-8(12(14,15)16)4-9(13)6-10/h4-7,11,17H,1-3H3. The molecule has 1 aromatic carbocycles. The van der Waals surface area contributed by atoms with Crippen molar-refractivity contribution in [3.63, 3.8) is 0 Å². The maximum Gasteiger partial charge on any atom is 0.416 e. The van der Waals surface area contributed by atoms with E-state index in [9.17, 15) is 13.2 Å². The van der Waals surface area contributed by atoms with Crippen molar-refractivity contribution in [1.82, 2.24) is 0 Å². The van der Waals surface area contributed by atoms with Gasteiger partial charge in [-0.05, 0) is 25.1 Å². The summed E-state index contributed by atoms with van der Waals surface area (Å²) in [6.45, 7) is 1.76. The summed E-state index contributed by atoms with van der Waals surface area (Å²) in [7, 11) is 2.93. The molecule has 0 heterocycles. The fourth-order valence-corrected chi connectivity index (χ4v) is 2.17. The minimum Gasteiger partial charge on any atom is -0.377 e. The van der Waals surface area contributed by atoms with E-state index in [4.69, 9.17) is 9.47 Å². The fourth-order valence-electron chi connectivity index (χ4n) is 1.67. The number of benzene rings is 1. The molecular formula is C12H15BrF3NO2. The number of hydrogen-bond donors (Lipinski definition) is 1. The molecule has 1 N–H and O–H groups in total. The summed E-state index contributed by atoms with van der Waals surface area (Å²) in [6, 6.07) is 3.34. The summed E-state index contributed by atoms with van der Waals surface area (Å²) in [5, 5.41) is 2.92. The first kappa shape index (κ1) is 16.3. The van der Waals surface area contributed by atoms with Crippen molar-refractivity contribution in [3.05, 3.63) is 28.2 Å². The maximum absolute atomic E-state index is 12.7. The number of methoxy groups -OCH3 is 2. The van der Waals surface area contributed by atoms with Crippen LogP contribution < -0.4 is 5.32 Å². The molecule has 0 spiro atoms. The minimum absolute atomic E-state index is 0.301. The van der Waals surface area contributed by atoms with Gasteiger partial charge in [0.15, 0.2) is 6.29 Å². The van der Waals surface area contributed by atoms with E-state index in [0.717, 1.165) is 12.1 Å². The average molecular weight is 342 g/mol. The van der Waals surface area contributed by atoms with E-state index < -0.39 is 18.0 Å². The summed E-state index contributed by atoms with van der Waals surface area (Å²) in [4.78, 5) is 0. The summed E-state index contributed by atoms with van der Waals surface area (Å²) in [6.07, 6.45) is -4.93. The Labute approximate surface area is 118 Å². The molecule has 0 bridgehead atoms. The number of anilines is 1. The highest BCUT2D eigenvalue weighted by Crippen LogP contribution is 2.33. The Hall–Kier alpha value is -0.790. The smallest absolute Gasteiger partial charge is 0.377 e. The molecule has 3 nitrogen and oxygen atoms in total. The zero-order valence-electron chi connectivity index (χ0n) is 10.7. The van der Waals surface area contributed by atoms with Crippen LogP contribution in [0.4, 0.5) is 18.9 Å². The van der Waals surface area contributed by atoms with Crippen LogP contribution in [0.2, 0.25) is 0 Å². The van der Waals surface area contributed by atoms with Crippen LogP contribution >= 0.6 is 15.9 Å². The van der Waals surface area contributed by atoms with Crippen LogP contribution in [-0.2, 0) is 15.7 Å². The Morgan fingerprint density at radius 3 is 2.21 bits per heavy atom. The topological polar surface area (TPSA) is 30.5 Å². The fraction of sp³-hybridized carbons (Fsp3) is 0.500. The lowest BCUT2D eigenvalue weighted by molar-refractivity contribution is -0.137. The summed E-state index contributed by atoms with van der Waals surface area (Å²) >= 11 is 3.06. The monoisotopic (exact) mass is 341 g/mol. The minimum atomic E-state index is -4.38. The third-order valence-corrected chi connectivity index (χ3v) is 2.95. The van der Waals surface area contributed by atoms with Crippen molar-refractivity contribution in [1.29, 1.82) is 0 Å². The molecule has 0 radical (unpaired) electrons. The predicted octanol–water partition coefficient (Wildman–Crippen LogP) is 3.89. The van der Waals surface area contributed by atoms with Crippen LogP contribution in [0.5, 0.6) is 0 Å². The van der Waals surface area contributed by atoms with Crippen LogP contribution in [0.15, 0.2) is 22.7 Å². The van der Waals surface area contributed by atoms with Crippen molar-refractivity contribution >= 4 is 21.6 Å². The van der Waals surface area contributed by atoms with Crippen LogP contribution in [0, 0.1) is 0 Å². The van der Waals surface area contributed by atoms with Gasteiger partial charge in [-0.2, -0.15) is 13.2 Å². The van der Waals surface area contributed by atoms with Gasteiger partial charge in [0.2, 0.25) is 0 Å². The van der Waals surface area contributed by atoms with Gasteiger partial charge in [0, 0.05) is 24.4 Å². The summed E-state index contributed by atoms with van der Waals surface area (Å²) in [5.41, 5.74) is -0.378. The molecule has 0 fully saturated rings. The second kappa shape index (κ2) is 6.58. The van der Waals surface area contributed by atoms with Crippen LogP contribution in [0.1, 0.15) is 12.5 Å². The Bertz CT molecular complexity index is 422. The second-order valence-corrected chi connectivity index (χ2v) is 4.91. The van der Waals surface area contributed by atoms with Crippen molar-refractivity contribution < 1.29 is 22.6 Å². The van der Waals surface area contributed by atoms with E-state index in [0.29, 0.717) is 10.2 Å². The molecule has 108 valence electrons. The van der Waals surface area contributed by atoms with Gasteiger partial charge in [-0.15, -0.1) is 0 Å². The number of alkyl halides is 3. The van der Waals surface area contributed by atoms with Gasteiger partial charge in [-0.3, -0.25) is 0 Å². The predicted molar refractivity (Wildman–Crippen MR) is 70.0 cm³/mol. The van der Waals surface area contributed by atoms with Crippen LogP contribution in [0.3, 0.4) is 0 Å². The average Bonchev–Trinajstić information content (AvgIpc) is 2.28. The van der Waals surface area contributed by atoms with Gasteiger partial charge in [-0.1, -0.05) is 15.9 Å². The molecular weight excluding hydrogens is 327 g/mol. The first-order valence-electron chi connectivity index (χ1n) is 5.48. The lowest BCUT2D eigenvalue weighted by Crippen LogP contribution is -2.33. The molecule has 1 atom stereocenters. The Morgan fingerprint density at radius 1 is 1.16 bits per heavy atom. The SMILES string of the molecule is COC(OC)C(C)Nc1cc(Br)cc(C(F)(F)F)c1. The molecule has 0 aliphatic rings. The van der Waals surface area contributed by atoms with Gasteiger partial charge < -0.3 is 14.8 Å². The number of rotatable bonds is 5. The number of halogens is 4. The van der Waals surface area contributed by atoms with E-state index in [1.807, 2.05) is 0 Å². The highest BCUT2D eigenvalue weighted by atomic mass is 79.9. The zero-order chi connectivity index (χ0) is 14.6. The third kappa shape index (κ3) is 4.67. The number of nitrogens with one attached hydrogen (secondary N) is 1. The molecule has 0 saturated heterocycles. The highest BCUT2D eigenvalue weighted by Gasteiger charge is 2.31. The van der Waals surface area contributed by atoms with Crippen molar-refractivity contribution in [2.24, 2.45) is 0 Å². The van der Waals surface area contributed by atoms with Gasteiger partial charge >= 0.3 is 6.18 Å². The maximum atomic E-state index is 12.7. The van der Waals surface area contributed by atoms with E-state index in [2.05, 4.69) is 21.2 Å². The molecule has 0 aliphatic carbocycles. The molecule has 0 aromatic heterocycles. The third-order valence-electron chi connectivity index (χ3n) is 2.49. The van der Waals surface area contributed by atoms with Gasteiger partial charge in [-0.25, -0.2) is 0 Å². The molecule has 1 rings (SSSR count). The molecule has 0 aliphatic heterocycles. The van der Waals surface area contributed by atoms with E-state index in [1.165, 1.54) is 14.2 Å². The number of ether oxygens (including phenoxy) is 2. The van der Waals surface area contributed by atoms with Crippen LogP contribution in [-0.4, -0.2) is 26.6 Å². The molecule has 1 unspecified atom stereocenters. The van der Waals surface area contributed by atoms with Crippen LogP contribution in [0.25, 0.3) is 0 Å². The van der Waals surface area contributed by atoms with Crippen molar-refractivity contribution in [3.8, 4) is 0 Å². The number of hydrogen-bond acceptors (Lipinski definition) is 3. The Morgan fingerprint density at radius 2 is 1.74 bits per heavy atom. The Kier molecular flexibility index (Phi) is 5.64. The molecule has 0 amide bonds. The first-order valence-corrected chi connectivity index (χ1v) is 6.27.